The standard InChI is InChI=1S/C20H23BrN2O2/c1-14-11-16(20(2,3)4)7-10-18(14)25-13-19(24)23-22-12-15-5-8-17(21)9-6-15/h5-12H,13H2,1-4H3,(H,23,24)/b22-12-. The third-order valence-corrected chi connectivity index (χ3v) is 4.20. The van der Waals surface area contributed by atoms with Gasteiger partial charge in [-0.05, 0) is 47.2 Å². The Bertz CT molecular complexity index is 762. The summed E-state index contributed by atoms with van der Waals surface area (Å²) in [5, 5.41) is 3.93. The maximum absolute atomic E-state index is 11.8. The topological polar surface area (TPSA) is 50.7 Å². The Morgan fingerprint density at radius 1 is 1.20 bits per heavy atom. The number of nitrogens with one attached hydrogen (secondary N) is 1. The monoisotopic (exact) mass is 402 g/mol. The van der Waals surface area contributed by atoms with E-state index in [2.05, 4.69) is 53.3 Å². The number of hydrogen-bond donors (Lipinski definition) is 1. The van der Waals surface area contributed by atoms with E-state index < -0.39 is 0 Å². The molecular weight excluding hydrogens is 380 g/mol. The summed E-state index contributed by atoms with van der Waals surface area (Å²) in [5.74, 6) is 0.410. The number of amides is 1. The maximum Gasteiger partial charge on any atom is 0.277 e. The van der Waals surface area contributed by atoms with Crippen LogP contribution >= 0.6 is 15.9 Å². The van der Waals surface area contributed by atoms with Crippen molar-refractivity contribution in [1.29, 1.82) is 0 Å². The molecule has 0 radical (unpaired) electrons. The molecule has 25 heavy (non-hydrogen) atoms. The van der Waals surface area contributed by atoms with Gasteiger partial charge in [0.1, 0.15) is 5.75 Å². The van der Waals surface area contributed by atoms with E-state index in [9.17, 15) is 4.79 Å². The fourth-order valence-electron chi connectivity index (χ4n) is 2.18. The summed E-state index contributed by atoms with van der Waals surface area (Å²) in [6.07, 6.45) is 1.59. The second-order valence-corrected chi connectivity index (χ2v) is 7.78. The summed E-state index contributed by atoms with van der Waals surface area (Å²) in [6, 6.07) is 13.7. The highest BCUT2D eigenvalue weighted by molar-refractivity contribution is 9.10. The number of aryl methyl sites for hydroxylation is 1. The predicted octanol–water partition coefficient (Wildman–Crippen LogP) is 4.58. The number of carbonyl (C=O) groups excluding carboxylic acids is 1. The SMILES string of the molecule is Cc1cc(C(C)(C)C)ccc1OCC(=O)N/N=C\c1ccc(Br)cc1. The number of nitrogens with zero attached hydrogens (tertiary/aromatic N) is 1. The lowest BCUT2D eigenvalue weighted by molar-refractivity contribution is -0.123. The molecule has 0 bridgehead atoms. The molecule has 1 amide bonds. The van der Waals surface area contributed by atoms with Crippen molar-refractivity contribution in [3.8, 4) is 5.75 Å². The molecule has 4 nitrogen and oxygen atoms in total. The number of hydrogen-bond acceptors (Lipinski definition) is 3. The predicted molar refractivity (Wildman–Crippen MR) is 105 cm³/mol. The number of benzene rings is 2. The van der Waals surface area contributed by atoms with Crippen LogP contribution in [0, 0.1) is 6.92 Å². The van der Waals surface area contributed by atoms with E-state index in [1.54, 1.807) is 6.21 Å². The zero-order chi connectivity index (χ0) is 18.4. The lowest BCUT2D eigenvalue weighted by Gasteiger charge is -2.20. The van der Waals surface area contributed by atoms with Gasteiger partial charge in [0.25, 0.3) is 5.91 Å². The molecule has 132 valence electrons. The summed E-state index contributed by atoms with van der Waals surface area (Å²) in [5.41, 5.74) is 5.70. The maximum atomic E-state index is 11.8. The minimum atomic E-state index is -0.298. The minimum Gasteiger partial charge on any atom is -0.483 e. The molecule has 0 aliphatic heterocycles. The van der Waals surface area contributed by atoms with E-state index >= 15 is 0 Å². The van der Waals surface area contributed by atoms with Crippen LogP contribution < -0.4 is 10.2 Å². The van der Waals surface area contributed by atoms with Crippen molar-refractivity contribution in [2.45, 2.75) is 33.1 Å². The summed E-state index contributed by atoms with van der Waals surface area (Å²) in [4.78, 5) is 11.8. The number of halogens is 1. The number of ether oxygens (including phenoxy) is 1. The molecule has 0 spiro atoms. The summed E-state index contributed by atoms with van der Waals surface area (Å²) < 4.78 is 6.59. The van der Waals surface area contributed by atoms with Crippen LogP contribution in [-0.4, -0.2) is 18.7 Å². The first-order valence-corrected chi connectivity index (χ1v) is 8.86. The lowest BCUT2D eigenvalue weighted by Crippen LogP contribution is -2.24. The molecule has 2 aromatic carbocycles. The molecule has 2 aromatic rings. The van der Waals surface area contributed by atoms with Crippen molar-refractivity contribution in [3.63, 3.8) is 0 Å². The van der Waals surface area contributed by atoms with Gasteiger partial charge in [0.2, 0.25) is 0 Å². The Balaban J connectivity index is 1.86. The van der Waals surface area contributed by atoms with E-state index in [0.717, 1.165) is 15.6 Å². The Labute approximate surface area is 157 Å². The number of rotatable bonds is 5. The average molecular weight is 403 g/mol. The number of hydrazone groups is 1. The van der Waals surface area contributed by atoms with E-state index in [-0.39, 0.29) is 17.9 Å². The highest BCUT2D eigenvalue weighted by atomic mass is 79.9. The summed E-state index contributed by atoms with van der Waals surface area (Å²) >= 11 is 3.37. The Morgan fingerprint density at radius 2 is 1.88 bits per heavy atom. The van der Waals surface area contributed by atoms with Crippen molar-refractivity contribution < 1.29 is 9.53 Å². The third kappa shape index (κ3) is 6.02. The molecule has 0 unspecified atom stereocenters. The zero-order valence-corrected chi connectivity index (χ0v) is 16.6. The Hall–Kier alpha value is -2.14. The van der Waals surface area contributed by atoms with Crippen molar-refractivity contribution in [2.75, 3.05) is 6.61 Å². The Kier molecular flexibility index (Phi) is 6.37. The van der Waals surface area contributed by atoms with E-state index in [4.69, 9.17) is 4.74 Å². The van der Waals surface area contributed by atoms with Crippen molar-refractivity contribution in [1.82, 2.24) is 5.43 Å². The normalized spacial score (nSPS) is 11.6. The summed E-state index contributed by atoms with van der Waals surface area (Å²) in [7, 11) is 0. The first-order valence-electron chi connectivity index (χ1n) is 8.07. The summed E-state index contributed by atoms with van der Waals surface area (Å²) in [6.45, 7) is 8.40. The fraction of sp³-hybridized carbons (Fsp3) is 0.300. The van der Waals surface area contributed by atoms with Gasteiger partial charge in [-0.1, -0.05) is 61.0 Å². The highest BCUT2D eigenvalue weighted by Gasteiger charge is 2.15. The molecule has 0 aromatic heterocycles. The van der Waals surface area contributed by atoms with Crippen LogP contribution in [0.2, 0.25) is 0 Å². The molecule has 0 saturated heterocycles. The average Bonchev–Trinajstić information content (AvgIpc) is 2.54. The van der Waals surface area contributed by atoms with Gasteiger partial charge in [0, 0.05) is 4.47 Å². The van der Waals surface area contributed by atoms with Crippen LogP contribution in [0.3, 0.4) is 0 Å². The largest absolute Gasteiger partial charge is 0.483 e. The van der Waals surface area contributed by atoms with Crippen molar-refractivity contribution in [2.24, 2.45) is 5.10 Å². The molecule has 0 fully saturated rings. The molecule has 0 atom stereocenters. The third-order valence-electron chi connectivity index (χ3n) is 3.67. The second kappa shape index (κ2) is 8.30. The molecule has 0 saturated carbocycles. The van der Waals surface area contributed by atoms with E-state index in [1.165, 1.54) is 5.56 Å². The van der Waals surface area contributed by atoms with Crippen molar-refractivity contribution in [3.05, 3.63) is 63.6 Å². The molecule has 5 heteroatoms. The van der Waals surface area contributed by atoms with Crippen LogP contribution in [0.4, 0.5) is 0 Å². The van der Waals surface area contributed by atoms with E-state index in [0.29, 0.717) is 5.75 Å². The van der Waals surface area contributed by atoms with Crippen LogP contribution in [0.25, 0.3) is 0 Å². The minimum absolute atomic E-state index is 0.0760. The molecule has 0 heterocycles. The highest BCUT2D eigenvalue weighted by Crippen LogP contribution is 2.27. The molecule has 0 aliphatic rings. The van der Waals surface area contributed by atoms with Gasteiger partial charge in [0.15, 0.2) is 6.61 Å². The number of carbonyl (C=O) groups is 1. The van der Waals surface area contributed by atoms with Gasteiger partial charge in [-0.25, -0.2) is 5.43 Å². The van der Waals surface area contributed by atoms with Crippen LogP contribution in [-0.2, 0) is 10.2 Å². The van der Waals surface area contributed by atoms with Gasteiger partial charge in [-0.2, -0.15) is 5.10 Å². The van der Waals surface area contributed by atoms with Gasteiger partial charge in [-0.15, -0.1) is 0 Å². The lowest BCUT2D eigenvalue weighted by atomic mass is 9.86. The quantitative estimate of drug-likeness (QED) is 0.587. The first-order chi connectivity index (χ1) is 11.8. The molecule has 1 N–H and O–H groups in total. The van der Waals surface area contributed by atoms with Crippen LogP contribution in [0.1, 0.15) is 37.5 Å². The van der Waals surface area contributed by atoms with Crippen LogP contribution in [0.15, 0.2) is 52.0 Å². The zero-order valence-electron chi connectivity index (χ0n) is 15.0. The van der Waals surface area contributed by atoms with Gasteiger partial charge >= 0.3 is 0 Å². The second-order valence-electron chi connectivity index (χ2n) is 6.86. The molecular formula is C20H23BrN2O2. The molecule has 2 rings (SSSR count). The van der Waals surface area contributed by atoms with Crippen molar-refractivity contribution >= 4 is 28.1 Å². The molecule has 0 aliphatic carbocycles. The van der Waals surface area contributed by atoms with Gasteiger partial charge < -0.3 is 4.74 Å². The van der Waals surface area contributed by atoms with Gasteiger partial charge in [0.05, 0.1) is 6.21 Å². The smallest absolute Gasteiger partial charge is 0.277 e. The van der Waals surface area contributed by atoms with Gasteiger partial charge in [-0.3, -0.25) is 4.79 Å². The Morgan fingerprint density at radius 3 is 2.48 bits per heavy atom. The first kappa shape index (κ1) is 19.2. The fourth-order valence-corrected chi connectivity index (χ4v) is 2.45. The van der Waals surface area contributed by atoms with E-state index in [1.807, 2.05) is 43.3 Å². The van der Waals surface area contributed by atoms with Crippen LogP contribution in [0.5, 0.6) is 5.75 Å².